The second kappa shape index (κ2) is 23.5. The van der Waals surface area contributed by atoms with Crippen LogP contribution in [0.15, 0.2) is 60.9 Å². The van der Waals surface area contributed by atoms with E-state index in [1.807, 2.05) is 4.72 Å². The first kappa shape index (κ1) is 56.5. The van der Waals surface area contributed by atoms with Crippen LogP contribution in [0.4, 0.5) is 43.5 Å². The molecule has 352 valence electrons. The summed E-state index contributed by atoms with van der Waals surface area (Å²) in [5.41, 5.74) is -4.64. The Balaban J connectivity index is 0.000000346. The van der Waals surface area contributed by atoms with Gasteiger partial charge in [-0.05, 0) is 49.6 Å². The van der Waals surface area contributed by atoms with Crippen molar-refractivity contribution in [1.29, 1.82) is 5.26 Å². The van der Waals surface area contributed by atoms with Gasteiger partial charge in [0.2, 0.25) is 30.1 Å². The smallest absolute Gasteiger partial charge is 0.512 e. The fourth-order valence-corrected chi connectivity index (χ4v) is 11.4. The molecule has 68 heavy (non-hydrogen) atoms. The number of anilines is 2. The van der Waals surface area contributed by atoms with E-state index in [-0.39, 0.29) is 97.5 Å². The monoisotopic (exact) mass is 1030 g/mol. The van der Waals surface area contributed by atoms with E-state index in [2.05, 4.69) is 24.8 Å². The van der Waals surface area contributed by atoms with Crippen molar-refractivity contribution in [3.63, 3.8) is 0 Å². The van der Waals surface area contributed by atoms with Gasteiger partial charge in [-0.2, -0.15) is 3.71 Å². The minimum absolute atomic E-state index is 0. The first-order valence-corrected chi connectivity index (χ1v) is 24.2. The number of fused-ring (bicyclic) bond motifs is 2. The summed E-state index contributed by atoms with van der Waals surface area (Å²) in [4.78, 5) is 44.8. The first-order valence-electron chi connectivity index (χ1n) is 19.0. The predicted molar refractivity (Wildman–Crippen MR) is 233 cm³/mol. The number of benzene rings is 4. The third-order valence-corrected chi connectivity index (χ3v) is 15.1. The standard InChI is InChI=1S/C21H19ClF3N3O5S2.C19H13F3N4O3S.CN.Na/c1-3-7-34(30,31)28(35(32,33)8-4-2)16-10-13(23)19(24)18(20(16)25)21(29)12-5-6-14-15(9-12)27-17(22)11-26-14;1-3-6-30(28,29)26-14-8-11(20)17(21)16(18(14)22)19(27)10-4-5-12-13(7-10)25-15(23-2)9-24-12;1-2;/h5-6,9-11H,3-4,7-8H2,1-2H3;4-5,7-9,26H,3,6H2,1H3;;/q;;-1;+1. The van der Waals surface area contributed by atoms with Crippen LogP contribution in [-0.4, -0.2) is 74.0 Å². The molecule has 27 heteroatoms. The Morgan fingerprint density at radius 3 is 1.60 bits per heavy atom. The van der Waals surface area contributed by atoms with Crippen LogP contribution in [0.3, 0.4) is 0 Å². The van der Waals surface area contributed by atoms with Crippen molar-refractivity contribution in [2.75, 3.05) is 25.7 Å². The molecule has 0 unspecified atom stereocenters. The molecule has 6 rings (SSSR count). The molecule has 0 aliphatic carbocycles. The summed E-state index contributed by atoms with van der Waals surface area (Å²) in [5, 5.41) is 6.23. The van der Waals surface area contributed by atoms with Crippen LogP contribution in [0.25, 0.3) is 26.9 Å². The van der Waals surface area contributed by atoms with Gasteiger partial charge in [0, 0.05) is 29.3 Å². The number of sulfonamides is 3. The zero-order valence-electron chi connectivity index (χ0n) is 35.8. The number of aromatic nitrogens is 4. The number of ketones is 2. The summed E-state index contributed by atoms with van der Waals surface area (Å²) < 4.78 is 164. The normalized spacial score (nSPS) is 11.3. The average molecular weight is 1030 g/mol. The van der Waals surface area contributed by atoms with Crippen molar-refractivity contribution < 1.29 is 90.7 Å². The number of carbonyl (C=O) groups excluding carboxylic acids is 2. The Morgan fingerprint density at radius 1 is 0.662 bits per heavy atom. The molecule has 0 spiro atoms. The van der Waals surface area contributed by atoms with Gasteiger partial charge in [0.15, 0.2) is 52.0 Å². The Hall–Kier alpha value is -5.80. The van der Waals surface area contributed by atoms with Gasteiger partial charge >= 0.3 is 29.6 Å². The largest absolute Gasteiger partial charge is 1.00 e. The molecule has 2 aromatic heterocycles. The maximum atomic E-state index is 15.6. The topological polar surface area (TPSA) is 232 Å². The number of carbonyl (C=O) groups is 2. The van der Waals surface area contributed by atoms with Crippen LogP contribution in [0.1, 0.15) is 71.9 Å². The molecule has 0 bridgehead atoms. The zero-order chi connectivity index (χ0) is 50.2. The molecule has 0 saturated heterocycles. The van der Waals surface area contributed by atoms with Crippen LogP contribution >= 0.6 is 11.6 Å². The summed E-state index contributed by atoms with van der Waals surface area (Å²) in [5.74, 6) is -14.9. The molecule has 0 saturated carbocycles. The minimum Gasteiger partial charge on any atom is -0.512 e. The van der Waals surface area contributed by atoms with E-state index in [9.17, 15) is 56.8 Å². The molecule has 0 fully saturated rings. The van der Waals surface area contributed by atoms with Crippen LogP contribution in [-0.2, 0) is 30.1 Å². The second-order valence-electron chi connectivity index (χ2n) is 13.6. The summed E-state index contributed by atoms with van der Waals surface area (Å²) in [7, 11) is -13.5. The van der Waals surface area contributed by atoms with Crippen LogP contribution in [0, 0.1) is 53.3 Å². The summed E-state index contributed by atoms with van der Waals surface area (Å²) >= 11 is 5.78. The molecule has 0 radical (unpaired) electrons. The van der Waals surface area contributed by atoms with Crippen molar-refractivity contribution in [3.8, 4) is 0 Å². The Morgan fingerprint density at radius 2 is 1.12 bits per heavy atom. The molecular formula is C41H32ClF6N8NaO8S3. The molecule has 0 aliphatic heterocycles. The Labute approximate surface area is 412 Å². The maximum absolute atomic E-state index is 15.6. The number of hydrogen-bond acceptors (Lipinski definition) is 13. The third-order valence-electron chi connectivity index (χ3n) is 8.79. The van der Waals surface area contributed by atoms with E-state index in [4.69, 9.17) is 30.0 Å². The third kappa shape index (κ3) is 12.6. The molecule has 16 nitrogen and oxygen atoms in total. The van der Waals surface area contributed by atoms with Crippen molar-refractivity contribution in [2.24, 2.45) is 0 Å². The maximum Gasteiger partial charge on any atom is 1.00 e. The summed E-state index contributed by atoms with van der Waals surface area (Å²) in [6.07, 6.45) is 2.58. The van der Waals surface area contributed by atoms with Gasteiger partial charge in [0.25, 0.3) is 5.82 Å². The van der Waals surface area contributed by atoms with Crippen LogP contribution in [0.5, 0.6) is 0 Å². The molecular weight excluding hydrogens is 1000 g/mol. The number of hydrogen-bond donors (Lipinski definition) is 1. The molecule has 4 aromatic carbocycles. The average Bonchev–Trinajstić information content (AvgIpc) is 3.27. The van der Waals surface area contributed by atoms with E-state index < -0.39 is 111 Å². The molecule has 0 atom stereocenters. The second-order valence-corrected chi connectivity index (χ2v) is 20.0. The fourth-order valence-electron chi connectivity index (χ4n) is 6.06. The minimum atomic E-state index is -4.73. The van der Waals surface area contributed by atoms with E-state index >= 15 is 4.39 Å². The van der Waals surface area contributed by atoms with Gasteiger partial charge in [-0.15, -0.1) is 4.98 Å². The van der Waals surface area contributed by atoms with Crippen LogP contribution < -0.4 is 38.0 Å². The van der Waals surface area contributed by atoms with E-state index in [1.165, 1.54) is 44.4 Å². The SMILES string of the molecule is CCCS(=O)(=O)N(c1cc(F)c(F)c(C(=O)c2ccc3ncc(Cl)nc3c2)c1F)S(=O)(=O)CCC.[C-]#N.[C-]#[N+]c1cnc2ccc(C(=O)c3c(F)c(F)cc(NS(=O)(=O)CCC)c3F)cc2n1.[Na+]. The molecule has 1 N–H and O–H groups in total. The Kier molecular flexibility index (Phi) is 19.5. The molecule has 0 aliphatic rings. The van der Waals surface area contributed by atoms with E-state index in [1.54, 1.807) is 6.92 Å². The zero-order valence-corrected chi connectivity index (χ0v) is 41.0. The fraction of sp³-hybridized carbons (Fsp3) is 0.220. The first-order chi connectivity index (χ1) is 31.5. The number of rotatable bonds is 15. The van der Waals surface area contributed by atoms with Gasteiger partial charge < -0.3 is 16.7 Å². The van der Waals surface area contributed by atoms with E-state index in [0.717, 1.165) is 18.2 Å². The van der Waals surface area contributed by atoms with Crippen molar-refractivity contribution >= 4 is 92.5 Å². The quantitative estimate of drug-likeness (QED) is 0.0453. The molecule has 6 aromatic rings. The number of halogens is 7. The summed E-state index contributed by atoms with van der Waals surface area (Å²) in [6.45, 7) is 16.1. The van der Waals surface area contributed by atoms with Gasteiger partial charge in [-0.3, -0.25) is 24.3 Å². The van der Waals surface area contributed by atoms with Gasteiger partial charge in [-0.25, -0.2) is 56.6 Å². The predicted octanol–water partition coefficient (Wildman–Crippen LogP) is 5.30. The van der Waals surface area contributed by atoms with Crippen LogP contribution in [0.2, 0.25) is 5.15 Å². The van der Waals surface area contributed by atoms with E-state index in [0.29, 0.717) is 17.1 Å². The van der Waals surface area contributed by atoms with Crippen molar-refractivity contribution in [2.45, 2.75) is 40.0 Å². The van der Waals surface area contributed by atoms with Gasteiger partial charge in [0.05, 0.1) is 57.5 Å². The van der Waals surface area contributed by atoms with Crippen molar-refractivity contribution in [3.05, 3.63) is 141 Å². The van der Waals surface area contributed by atoms with Crippen molar-refractivity contribution in [1.82, 2.24) is 19.9 Å². The van der Waals surface area contributed by atoms with Gasteiger partial charge in [-0.1, -0.05) is 38.9 Å². The Bertz CT molecular complexity index is 3320. The number of nitrogens with one attached hydrogen (secondary N) is 1. The number of nitrogens with zero attached hydrogens (tertiary/aromatic N) is 7. The van der Waals surface area contributed by atoms with Gasteiger partial charge in [0.1, 0.15) is 16.4 Å². The molecule has 0 amide bonds. The molecule has 2 heterocycles. The summed E-state index contributed by atoms with van der Waals surface area (Å²) in [6, 6.07) is 7.73.